The van der Waals surface area contributed by atoms with Crippen LogP contribution in [0.4, 0.5) is 5.69 Å². The quantitative estimate of drug-likeness (QED) is 0.571. The molecule has 0 bridgehead atoms. The topological polar surface area (TPSA) is 70.2 Å². The molecule has 0 aliphatic carbocycles. The number of amides is 2. The van der Waals surface area contributed by atoms with Gasteiger partial charge in [-0.1, -0.05) is 40.2 Å². The van der Waals surface area contributed by atoms with Gasteiger partial charge in [-0.3, -0.25) is 9.59 Å². The van der Waals surface area contributed by atoms with Gasteiger partial charge in [0.15, 0.2) is 5.11 Å². The van der Waals surface area contributed by atoms with Crippen molar-refractivity contribution in [3.63, 3.8) is 0 Å². The number of unbranched alkanes of at least 4 members (excludes halogenated alkanes) is 1. The summed E-state index contributed by atoms with van der Waals surface area (Å²) in [5, 5.41) is 8.65. The largest absolute Gasteiger partial charge is 0.352 e. The first kappa shape index (κ1) is 19.1. The molecular weight excluding hydrogens is 310 g/mol. The molecule has 0 aliphatic heterocycles. The molecule has 126 valence electrons. The lowest BCUT2D eigenvalue weighted by atomic mass is 9.96. The lowest BCUT2D eigenvalue weighted by Gasteiger charge is -2.18. The molecule has 0 radical (unpaired) electrons. The number of rotatable bonds is 5. The van der Waals surface area contributed by atoms with Crippen molar-refractivity contribution in [2.24, 2.45) is 5.41 Å². The number of carbonyl (C=O) groups is 2. The van der Waals surface area contributed by atoms with Crippen LogP contribution in [-0.4, -0.2) is 23.5 Å². The van der Waals surface area contributed by atoms with Crippen LogP contribution in [0.3, 0.4) is 0 Å². The minimum Gasteiger partial charge on any atom is -0.352 e. The van der Waals surface area contributed by atoms with Gasteiger partial charge in [-0.05, 0) is 36.8 Å². The molecule has 0 atom stereocenters. The highest BCUT2D eigenvalue weighted by Crippen LogP contribution is 2.14. The van der Waals surface area contributed by atoms with Crippen LogP contribution in [0.1, 0.15) is 50.9 Å². The average Bonchev–Trinajstić information content (AvgIpc) is 2.46. The summed E-state index contributed by atoms with van der Waals surface area (Å²) in [7, 11) is 0. The Morgan fingerprint density at radius 1 is 1.22 bits per heavy atom. The van der Waals surface area contributed by atoms with E-state index in [1.165, 1.54) is 0 Å². The van der Waals surface area contributed by atoms with Gasteiger partial charge in [-0.25, -0.2) is 0 Å². The zero-order valence-corrected chi connectivity index (χ0v) is 15.0. The molecule has 6 heteroatoms. The summed E-state index contributed by atoms with van der Waals surface area (Å²) in [6.45, 7) is 8.17. The maximum Gasteiger partial charge on any atom is 0.251 e. The first-order valence-corrected chi connectivity index (χ1v) is 8.15. The molecule has 0 aliphatic rings. The van der Waals surface area contributed by atoms with Gasteiger partial charge in [-0.2, -0.15) is 0 Å². The number of hydrogen-bond acceptors (Lipinski definition) is 3. The van der Waals surface area contributed by atoms with Crippen molar-refractivity contribution in [3.8, 4) is 0 Å². The van der Waals surface area contributed by atoms with Crippen LogP contribution in [0.5, 0.6) is 0 Å². The third-order valence-electron chi connectivity index (χ3n) is 3.11. The molecule has 2 amide bonds. The number of thiocarbonyl (C=S) groups is 1. The average molecular weight is 335 g/mol. The zero-order chi connectivity index (χ0) is 17.5. The molecule has 0 spiro atoms. The lowest BCUT2D eigenvalue weighted by molar-refractivity contribution is -0.126. The van der Waals surface area contributed by atoms with Crippen molar-refractivity contribution in [1.29, 1.82) is 0 Å². The van der Waals surface area contributed by atoms with Crippen LogP contribution < -0.4 is 16.0 Å². The second-order valence-corrected chi connectivity index (χ2v) is 6.76. The van der Waals surface area contributed by atoms with E-state index in [0.29, 0.717) is 17.8 Å². The van der Waals surface area contributed by atoms with Gasteiger partial charge >= 0.3 is 0 Å². The molecular formula is C17H25N3O2S. The van der Waals surface area contributed by atoms with Gasteiger partial charge in [0.25, 0.3) is 5.91 Å². The van der Waals surface area contributed by atoms with Crippen LogP contribution in [0.25, 0.3) is 0 Å². The first-order chi connectivity index (χ1) is 10.7. The predicted octanol–water partition coefficient (Wildman–Crippen LogP) is 3.08. The maximum absolute atomic E-state index is 12.0. The summed E-state index contributed by atoms with van der Waals surface area (Å²) < 4.78 is 0. The standard InChI is InChI=1S/C17H25N3O2S/c1-5-6-10-18-14(21)12-8-7-9-13(11-12)19-16(23)20-15(22)17(2,3)4/h7-9,11H,5-6,10H2,1-4H3,(H,18,21)(H2,19,20,22,23). The molecule has 23 heavy (non-hydrogen) atoms. The van der Waals surface area contributed by atoms with E-state index < -0.39 is 5.41 Å². The molecule has 0 saturated heterocycles. The van der Waals surface area contributed by atoms with Crippen LogP contribution in [0, 0.1) is 5.41 Å². The van der Waals surface area contributed by atoms with Gasteiger partial charge in [0.2, 0.25) is 5.91 Å². The van der Waals surface area contributed by atoms with Gasteiger partial charge in [-0.15, -0.1) is 0 Å². The van der Waals surface area contributed by atoms with Crippen molar-refractivity contribution < 1.29 is 9.59 Å². The molecule has 0 saturated carbocycles. The van der Waals surface area contributed by atoms with Crippen molar-refractivity contribution in [2.45, 2.75) is 40.5 Å². The van der Waals surface area contributed by atoms with Crippen molar-refractivity contribution >= 4 is 34.8 Å². The normalized spacial score (nSPS) is 10.8. The van der Waals surface area contributed by atoms with E-state index in [1.807, 2.05) is 20.8 Å². The molecule has 1 rings (SSSR count). The first-order valence-electron chi connectivity index (χ1n) is 7.74. The van der Waals surface area contributed by atoms with Crippen molar-refractivity contribution in [2.75, 3.05) is 11.9 Å². The SMILES string of the molecule is CCCCNC(=O)c1cccc(NC(=S)NC(=O)C(C)(C)C)c1. The highest BCUT2D eigenvalue weighted by atomic mass is 32.1. The lowest BCUT2D eigenvalue weighted by Crippen LogP contribution is -2.41. The minimum atomic E-state index is -0.521. The molecule has 5 nitrogen and oxygen atoms in total. The zero-order valence-electron chi connectivity index (χ0n) is 14.2. The van der Waals surface area contributed by atoms with Crippen molar-refractivity contribution in [1.82, 2.24) is 10.6 Å². The Kier molecular flexibility index (Phi) is 7.16. The van der Waals surface area contributed by atoms with E-state index in [-0.39, 0.29) is 16.9 Å². The molecule has 0 heterocycles. The third kappa shape index (κ3) is 6.78. The Labute approximate surface area is 143 Å². The molecule has 0 fully saturated rings. The van der Waals surface area contributed by atoms with Crippen LogP contribution >= 0.6 is 12.2 Å². The highest BCUT2D eigenvalue weighted by Gasteiger charge is 2.22. The second-order valence-electron chi connectivity index (χ2n) is 6.35. The van der Waals surface area contributed by atoms with E-state index in [1.54, 1.807) is 24.3 Å². The minimum absolute atomic E-state index is 0.119. The van der Waals surface area contributed by atoms with Crippen molar-refractivity contribution in [3.05, 3.63) is 29.8 Å². The molecule has 0 unspecified atom stereocenters. The number of benzene rings is 1. The maximum atomic E-state index is 12.0. The van der Waals surface area contributed by atoms with E-state index in [9.17, 15) is 9.59 Å². The van der Waals surface area contributed by atoms with Gasteiger partial charge in [0, 0.05) is 23.2 Å². The summed E-state index contributed by atoms with van der Waals surface area (Å²) in [6.07, 6.45) is 1.98. The fraction of sp³-hybridized carbons (Fsp3) is 0.471. The van der Waals surface area contributed by atoms with Gasteiger partial charge in [0.1, 0.15) is 0 Å². The Morgan fingerprint density at radius 2 is 1.91 bits per heavy atom. The Morgan fingerprint density at radius 3 is 2.52 bits per heavy atom. The molecule has 1 aromatic carbocycles. The molecule has 3 N–H and O–H groups in total. The highest BCUT2D eigenvalue weighted by molar-refractivity contribution is 7.80. The number of carbonyl (C=O) groups excluding carboxylic acids is 2. The molecule has 1 aromatic rings. The van der Waals surface area contributed by atoms with Crippen LogP contribution in [-0.2, 0) is 4.79 Å². The fourth-order valence-corrected chi connectivity index (χ4v) is 1.88. The summed E-state index contributed by atoms with van der Waals surface area (Å²) >= 11 is 5.13. The van der Waals surface area contributed by atoms with Crippen LogP contribution in [0.15, 0.2) is 24.3 Å². The predicted molar refractivity (Wildman–Crippen MR) is 97.5 cm³/mol. The second kappa shape index (κ2) is 8.62. The summed E-state index contributed by atoms with van der Waals surface area (Å²) in [6, 6.07) is 7.00. The Hall–Kier alpha value is -1.95. The smallest absolute Gasteiger partial charge is 0.251 e. The number of anilines is 1. The monoisotopic (exact) mass is 335 g/mol. The van der Waals surface area contributed by atoms with E-state index in [0.717, 1.165) is 12.8 Å². The number of hydrogen-bond donors (Lipinski definition) is 3. The van der Waals surface area contributed by atoms with E-state index >= 15 is 0 Å². The van der Waals surface area contributed by atoms with Gasteiger partial charge in [0.05, 0.1) is 0 Å². The van der Waals surface area contributed by atoms with E-state index in [2.05, 4.69) is 22.9 Å². The fourth-order valence-electron chi connectivity index (χ4n) is 1.67. The summed E-state index contributed by atoms with van der Waals surface area (Å²) in [4.78, 5) is 23.9. The number of nitrogens with one attached hydrogen (secondary N) is 3. The Balaban J connectivity index is 2.65. The molecule has 0 aromatic heterocycles. The summed E-state index contributed by atoms with van der Waals surface area (Å²) in [5.41, 5.74) is 0.690. The Bertz CT molecular complexity index is 579. The third-order valence-corrected chi connectivity index (χ3v) is 3.31. The van der Waals surface area contributed by atoms with Gasteiger partial charge < -0.3 is 16.0 Å². The van der Waals surface area contributed by atoms with E-state index in [4.69, 9.17) is 12.2 Å². The van der Waals surface area contributed by atoms with Crippen LogP contribution in [0.2, 0.25) is 0 Å². The summed E-state index contributed by atoms with van der Waals surface area (Å²) in [5.74, 6) is -0.282.